The van der Waals surface area contributed by atoms with E-state index in [4.69, 9.17) is 14.2 Å². The summed E-state index contributed by atoms with van der Waals surface area (Å²) in [6.07, 6.45) is 1.67. The van der Waals surface area contributed by atoms with E-state index in [9.17, 15) is 9.59 Å². The lowest BCUT2D eigenvalue weighted by Gasteiger charge is -2.12. The van der Waals surface area contributed by atoms with Crippen molar-refractivity contribution in [3.8, 4) is 17.2 Å². The lowest BCUT2D eigenvalue weighted by Crippen LogP contribution is -2.27. The van der Waals surface area contributed by atoms with Gasteiger partial charge in [-0.3, -0.25) is 14.5 Å². The number of nitrogens with zero attached hydrogens (tertiary/aromatic N) is 1. The summed E-state index contributed by atoms with van der Waals surface area (Å²) in [6.45, 7) is 2.72. The predicted molar refractivity (Wildman–Crippen MR) is 109 cm³/mol. The molecule has 0 aromatic heterocycles. The number of hydrogen-bond acceptors (Lipinski definition) is 6. The van der Waals surface area contributed by atoms with E-state index in [1.807, 2.05) is 31.2 Å². The molecule has 0 aliphatic carbocycles. The standard InChI is InChI=1S/C20H16BrNO5S/c1-2-25-15-9-17-16(26-11-27-17)7-13(15)8-18-19(23)22(20(24)28-18)10-12-3-5-14(21)6-4-12/h3-9H,2,10-11H2,1H3/b18-8-. The van der Waals surface area contributed by atoms with Gasteiger partial charge in [-0.2, -0.15) is 0 Å². The van der Waals surface area contributed by atoms with Gasteiger partial charge in [-0.15, -0.1) is 0 Å². The summed E-state index contributed by atoms with van der Waals surface area (Å²) < 4.78 is 17.4. The van der Waals surface area contributed by atoms with E-state index >= 15 is 0 Å². The molecule has 2 aromatic rings. The van der Waals surface area contributed by atoms with Gasteiger partial charge in [-0.05, 0) is 48.5 Å². The molecule has 144 valence electrons. The van der Waals surface area contributed by atoms with Crippen LogP contribution in [0.4, 0.5) is 4.79 Å². The molecule has 0 bridgehead atoms. The Bertz CT molecular complexity index is 973. The summed E-state index contributed by atoms with van der Waals surface area (Å²) in [7, 11) is 0. The second kappa shape index (κ2) is 7.89. The highest BCUT2D eigenvalue weighted by Gasteiger charge is 2.35. The average Bonchev–Trinajstić information content (AvgIpc) is 3.23. The zero-order valence-corrected chi connectivity index (χ0v) is 17.3. The zero-order chi connectivity index (χ0) is 19.7. The molecule has 0 radical (unpaired) electrons. The van der Waals surface area contributed by atoms with Crippen LogP contribution in [0.1, 0.15) is 18.1 Å². The molecule has 0 N–H and O–H groups in total. The van der Waals surface area contributed by atoms with Gasteiger partial charge in [0.25, 0.3) is 11.1 Å². The van der Waals surface area contributed by atoms with Crippen LogP contribution in [-0.2, 0) is 11.3 Å². The molecule has 1 saturated heterocycles. The van der Waals surface area contributed by atoms with Crippen LogP contribution in [0.15, 0.2) is 45.8 Å². The monoisotopic (exact) mass is 461 g/mol. The van der Waals surface area contributed by atoms with Crippen LogP contribution in [0, 0.1) is 0 Å². The van der Waals surface area contributed by atoms with Gasteiger partial charge in [-0.1, -0.05) is 28.1 Å². The first-order valence-corrected chi connectivity index (χ1v) is 10.2. The highest BCUT2D eigenvalue weighted by molar-refractivity contribution is 9.10. The lowest BCUT2D eigenvalue weighted by molar-refractivity contribution is -0.123. The quantitative estimate of drug-likeness (QED) is 0.595. The molecule has 2 aliphatic rings. The second-order valence-corrected chi connectivity index (χ2v) is 7.98. The van der Waals surface area contributed by atoms with Crippen molar-refractivity contribution < 1.29 is 23.8 Å². The molecule has 0 unspecified atom stereocenters. The molecule has 8 heteroatoms. The molecule has 2 aliphatic heterocycles. The van der Waals surface area contributed by atoms with Gasteiger partial charge >= 0.3 is 0 Å². The molecule has 0 spiro atoms. The first kappa shape index (κ1) is 18.9. The zero-order valence-electron chi connectivity index (χ0n) is 14.9. The van der Waals surface area contributed by atoms with Crippen LogP contribution in [0.25, 0.3) is 6.08 Å². The van der Waals surface area contributed by atoms with E-state index < -0.39 is 0 Å². The summed E-state index contributed by atoms with van der Waals surface area (Å²) >= 11 is 4.30. The molecule has 2 amide bonds. The minimum absolute atomic E-state index is 0.147. The maximum absolute atomic E-state index is 12.8. The summed E-state index contributed by atoms with van der Waals surface area (Å²) in [5.41, 5.74) is 1.55. The van der Waals surface area contributed by atoms with Gasteiger partial charge < -0.3 is 14.2 Å². The fourth-order valence-electron chi connectivity index (χ4n) is 2.88. The SMILES string of the molecule is CCOc1cc2c(cc1/C=C1\SC(=O)N(Cc3ccc(Br)cc3)C1=O)OCO2. The summed E-state index contributed by atoms with van der Waals surface area (Å²) in [5.74, 6) is 1.44. The molecular weight excluding hydrogens is 446 g/mol. The van der Waals surface area contributed by atoms with Crippen LogP contribution in [-0.4, -0.2) is 29.4 Å². The Morgan fingerprint density at radius 3 is 2.61 bits per heavy atom. The van der Waals surface area contributed by atoms with Crippen LogP contribution in [0.5, 0.6) is 17.2 Å². The molecule has 1 fully saturated rings. The average molecular weight is 462 g/mol. The van der Waals surface area contributed by atoms with Crippen molar-refractivity contribution in [1.82, 2.24) is 4.90 Å². The highest BCUT2D eigenvalue weighted by atomic mass is 79.9. The number of imide groups is 1. The Hall–Kier alpha value is -2.45. The van der Waals surface area contributed by atoms with Crippen LogP contribution in [0.3, 0.4) is 0 Å². The van der Waals surface area contributed by atoms with Gasteiger partial charge in [0, 0.05) is 16.1 Å². The number of rotatable bonds is 5. The Kier molecular flexibility index (Phi) is 5.32. The number of carbonyl (C=O) groups excluding carboxylic acids is 2. The third-order valence-electron chi connectivity index (χ3n) is 4.22. The van der Waals surface area contributed by atoms with Gasteiger partial charge in [0.15, 0.2) is 11.5 Å². The first-order chi connectivity index (χ1) is 13.5. The highest BCUT2D eigenvalue weighted by Crippen LogP contribution is 2.41. The molecule has 6 nitrogen and oxygen atoms in total. The number of thioether (sulfide) groups is 1. The minimum atomic E-state index is -0.321. The maximum atomic E-state index is 12.8. The van der Waals surface area contributed by atoms with Crippen molar-refractivity contribution in [1.29, 1.82) is 0 Å². The summed E-state index contributed by atoms with van der Waals surface area (Å²) in [5, 5.41) is -0.294. The summed E-state index contributed by atoms with van der Waals surface area (Å²) in [6, 6.07) is 11.0. The molecule has 0 saturated carbocycles. The van der Waals surface area contributed by atoms with E-state index in [1.54, 1.807) is 18.2 Å². The van der Waals surface area contributed by atoms with E-state index in [-0.39, 0.29) is 24.5 Å². The Morgan fingerprint density at radius 1 is 1.18 bits per heavy atom. The topological polar surface area (TPSA) is 65.1 Å². The van der Waals surface area contributed by atoms with E-state index in [0.717, 1.165) is 21.8 Å². The van der Waals surface area contributed by atoms with Crippen molar-refractivity contribution in [3.05, 3.63) is 56.9 Å². The van der Waals surface area contributed by atoms with E-state index in [0.29, 0.717) is 34.3 Å². The van der Waals surface area contributed by atoms with Crippen LogP contribution < -0.4 is 14.2 Å². The predicted octanol–water partition coefficient (Wildman–Crippen LogP) is 4.81. The second-order valence-electron chi connectivity index (χ2n) is 6.07. The number of fused-ring (bicyclic) bond motifs is 1. The Balaban J connectivity index is 1.61. The number of ether oxygens (including phenoxy) is 3. The van der Waals surface area contributed by atoms with Crippen LogP contribution in [0.2, 0.25) is 0 Å². The minimum Gasteiger partial charge on any atom is -0.493 e. The van der Waals surface area contributed by atoms with E-state index in [1.165, 1.54) is 4.90 Å². The van der Waals surface area contributed by atoms with Crippen molar-refractivity contribution in [2.24, 2.45) is 0 Å². The smallest absolute Gasteiger partial charge is 0.293 e. The van der Waals surface area contributed by atoms with Gasteiger partial charge in [0.2, 0.25) is 6.79 Å². The third-order valence-corrected chi connectivity index (χ3v) is 5.66. The van der Waals surface area contributed by atoms with Gasteiger partial charge in [0.1, 0.15) is 5.75 Å². The molecule has 2 aromatic carbocycles. The number of benzene rings is 2. The molecule has 0 atom stereocenters. The molecule has 4 rings (SSSR count). The number of carbonyl (C=O) groups is 2. The third kappa shape index (κ3) is 3.74. The number of hydrogen-bond donors (Lipinski definition) is 0. The molecule has 28 heavy (non-hydrogen) atoms. The largest absolute Gasteiger partial charge is 0.493 e. The van der Waals surface area contributed by atoms with Gasteiger partial charge in [0.05, 0.1) is 18.1 Å². The Morgan fingerprint density at radius 2 is 1.89 bits per heavy atom. The molecular formula is C20H16BrNO5S. The number of halogens is 1. The van der Waals surface area contributed by atoms with Crippen molar-refractivity contribution in [2.45, 2.75) is 13.5 Å². The number of amides is 2. The summed E-state index contributed by atoms with van der Waals surface area (Å²) in [4.78, 5) is 26.8. The van der Waals surface area contributed by atoms with Crippen LogP contribution >= 0.6 is 27.7 Å². The maximum Gasteiger partial charge on any atom is 0.293 e. The Labute approximate surface area is 174 Å². The van der Waals surface area contributed by atoms with E-state index in [2.05, 4.69) is 15.9 Å². The lowest BCUT2D eigenvalue weighted by atomic mass is 10.1. The van der Waals surface area contributed by atoms with Crippen molar-refractivity contribution in [3.63, 3.8) is 0 Å². The van der Waals surface area contributed by atoms with Crippen molar-refractivity contribution >= 4 is 44.9 Å². The van der Waals surface area contributed by atoms with Gasteiger partial charge in [-0.25, -0.2) is 0 Å². The molecule has 2 heterocycles. The fourth-order valence-corrected chi connectivity index (χ4v) is 3.98. The fraction of sp³-hybridized carbons (Fsp3) is 0.200. The first-order valence-electron chi connectivity index (χ1n) is 8.61. The normalized spacial score (nSPS) is 16.9. The van der Waals surface area contributed by atoms with Crippen molar-refractivity contribution in [2.75, 3.05) is 13.4 Å².